The molecule has 0 heterocycles. The predicted molar refractivity (Wildman–Crippen MR) is 56.0 cm³/mol. The minimum Gasteiger partial charge on any atom is -0.388 e. The zero-order valence-corrected chi connectivity index (χ0v) is 8.35. The third-order valence-corrected chi connectivity index (χ3v) is 1.72. The average molecular weight is 165 g/mol. The van der Waals surface area contributed by atoms with Gasteiger partial charge >= 0.3 is 0 Å². The van der Waals surface area contributed by atoms with Gasteiger partial charge in [-0.2, -0.15) is 0 Å². The highest BCUT2D eigenvalue weighted by Gasteiger charge is 1.97. The summed E-state index contributed by atoms with van der Waals surface area (Å²) in [6.45, 7) is 7.98. The van der Waals surface area contributed by atoms with Gasteiger partial charge in [-0.05, 0) is 18.4 Å². The Balaban J connectivity index is 4.55. The quantitative estimate of drug-likeness (QED) is 0.617. The van der Waals surface area contributed by atoms with Gasteiger partial charge in [-0.3, -0.25) is 0 Å². The Kier molecular flexibility index (Phi) is 6.16. The minimum absolute atomic E-state index is 1.04. The molecule has 0 saturated carbocycles. The zero-order chi connectivity index (χ0) is 9.40. The van der Waals surface area contributed by atoms with E-state index < -0.39 is 0 Å². The van der Waals surface area contributed by atoms with Crippen LogP contribution in [0.1, 0.15) is 26.7 Å². The molecular formula is C11H19N. The number of nitrogens with one attached hydrogen (secondary N) is 1. The molecule has 0 rings (SSSR count). The van der Waals surface area contributed by atoms with E-state index in [0.717, 1.165) is 12.8 Å². The molecule has 0 aliphatic carbocycles. The number of likely N-dealkylation sites (N-methyl/N-ethyl adjacent to an activating group) is 1. The number of allylic oxidation sites excluding steroid dienone is 4. The molecule has 0 aromatic heterocycles. The van der Waals surface area contributed by atoms with Crippen molar-refractivity contribution < 1.29 is 0 Å². The van der Waals surface area contributed by atoms with Crippen molar-refractivity contribution in [2.75, 3.05) is 7.05 Å². The Morgan fingerprint density at radius 2 is 2.08 bits per heavy atom. The Bertz CT molecular complexity index is 187. The lowest BCUT2D eigenvalue weighted by Crippen LogP contribution is -2.07. The fourth-order valence-electron chi connectivity index (χ4n) is 1.14. The van der Waals surface area contributed by atoms with Crippen LogP contribution < -0.4 is 5.32 Å². The molecule has 12 heavy (non-hydrogen) atoms. The second kappa shape index (κ2) is 6.71. The molecule has 0 unspecified atom stereocenters. The highest BCUT2D eigenvalue weighted by molar-refractivity contribution is 5.31. The van der Waals surface area contributed by atoms with Crippen LogP contribution in [0.5, 0.6) is 0 Å². The van der Waals surface area contributed by atoms with Crippen LogP contribution in [0.4, 0.5) is 0 Å². The molecule has 0 aromatic rings. The van der Waals surface area contributed by atoms with Crippen LogP contribution >= 0.6 is 0 Å². The van der Waals surface area contributed by atoms with Gasteiger partial charge in [0.2, 0.25) is 0 Å². The van der Waals surface area contributed by atoms with Crippen LogP contribution in [0.25, 0.3) is 0 Å². The van der Waals surface area contributed by atoms with Crippen molar-refractivity contribution in [1.29, 1.82) is 0 Å². The van der Waals surface area contributed by atoms with Crippen LogP contribution in [0.2, 0.25) is 0 Å². The maximum atomic E-state index is 3.69. The Morgan fingerprint density at radius 1 is 1.42 bits per heavy atom. The summed E-state index contributed by atoms with van der Waals surface area (Å²) >= 11 is 0. The van der Waals surface area contributed by atoms with Crippen LogP contribution in [-0.4, -0.2) is 7.05 Å². The van der Waals surface area contributed by atoms with E-state index >= 15 is 0 Å². The van der Waals surface area contributed by atoms with Crippen molar-refractivity contribution in [2.24, 2.45) is 0 Å². The molecule has 1 N–H and O–H groups in total. The van der Waals surface area contributed by atoms with E-state index in [1.54, 1.807) is 0 Å². The van der Waals surface area contributed by atoms with Gasteiger partial charge in [0.1, 0.15) is 0 Å². The van der Waals surface area contributed by atoms with Crippen LogP contribution in [0.15, 0.2) is 36.1 Å². The van der Waals surface area contributed by atoms with Gasteiger partial charge in [0, 0.05) is 12.7 Å². The maximum Gasteiger partial charge on any atom is 0.0329 e. The molecule has 1 heteroatoms. The third kappa shape index (κ3) is 3.42. The SMILES string of the molecule is C=C/C=C(CC)\C(=C/CC)NC. The van der Waals surface area contributed by atoms with E-state index in [2.05, 4.69) is 37.9 Å². The average Bonchev–Trinajstić information content (AvgIpc) is 2.11. The molecule has 0 saturated heterocycles. The smallest absolute Gasteiger partial charge is 0.0329 e. The van der Waals surface area contributed by atoms with E-state index in [1.165, 1.54) is 11.3 Å². The molecule has 0 amide bonds. The van der Waals surface area contributed by atoms with E-state index in [9.17, 15) is 0 Å². The first kappa shape index (κ1) is 11.0. The maximum absolute atomic E-state index is 3.69. The van der Waals surface area contributed by atoms with Gasteiger partial charge in [0.25, 0.3) is 0 Å². The first-order valence-corrected chi connectivity index (χ1v) is 4.49. The summed E-state index contributed by atoms with van der Waals surface area (Å²) in [4.78, 5) is 0. The van der Waals surface area contributed by atoms with Crippen LogP contribution in [0, 0.1) is 0 Å². The highest BCUT2D eigenvalue weighted by Crippen LogP contribution is 2.11. The van der Waals surface area contributed by atoms with Crippen molar-refractivity contribution in [1.82, 2.24) is 5.32 Å². The van der Waals surface area contributed by atoms with Crippen molar-refractivity contribution in [3.8, 4) is 0 Å². The monoisotopic (exact) mass is 165 g/mol. The minimum atomic E-state index is 1.04. The van der Waals surface area contributed by atoms with Gasteiger partial charge in [0.15, 0.2) is 0 Å². The van der Waals surface area contributed by atoms with E-state index in [1.807, 2.05) is 13.1 Å². The van der Waals surface area contributed by atoms with Gasteiger partial charge in [-0.25, -0.2) is 0 Å². The standard InChI is InChI=1S/C11H19N/c1-5-8-10(7-3)11(12-4)9-6-2/h5,8-9,12H,1,6-7H2,2-4H3/b10-8-,11-9+. The Morgan fingerprint density at radius 3 is 2.42 bits per heavy atom. The first-order chi connectivity index (χ1) is 5.79. The first-order valence-electron chi connectivity index (χ1n) is 4.49. The predicted octanol–water partition coefficient (Wildman–Crippen LogP) is 3.02. The number of rotatable bonds is 5. The fourth-order valence-corrected chi connectivity index (χ4v) is 1.14. The molecule has 1 nitrogen and oxygen atoms in total. The third-order valence-electron chi connectivity index (χ3n) is 1.72. The molecule has 0 aliphatic heterocycles. The summed E-state index contributed by atoms with van der Waals surface area (Å²) in [6, 6.07) is 0. The fraction of sp³-hybridized carbons (Fsp3) is 0.455. The lowest BCUT2D eigenvalue weighted by atomic mass is 10.1. The zero-order valence-electron chi connectivity index (χ0n) is 8.35. The number of hydrogen-bond acceptors (Lipinski definition) is 1. The van der Waals surface area contributed by atoms with Crippen molar-refractivity contribution in [3.05, 3.63) is 36.1 Å². The molecule has 0 aliphatic rings. The molecule has 0 radical (unpaired) electrons. The molecule has 68 valence electrons. The molecular weight excluding hydrogens is 146 g/mol. The second-order valence-electron chi connectivity index (χ2n) is 2.56. The molecule has 0 spiro atoms. The van der Waals surface area contributed by atoms with Gasteiger partial charge in [-0.1, -0.05) is 38.7 Å². The van der Waals surface area contributed by atoms with Crippen LogP contribution in [0.3, 0.4) is 0 Å². The lowest BCUT2D eigenvalue weighted by molar-refractivity contribution is 0.937. The summed E-state index contributed by atoms with van der Waals surface area (Å²) in [7, 11) is 1.95. The van der Waals surface area contributed by atoms with E-state index in [-0.39, 0.29) is 0 Å². The summed E-state index contributed by atoms with van der Waals surface area (Å²) in [6.07, 6.45) is 8.18. The summed E-state index contributed by atoms with van der Waals surface area (Å²) in [5, 5.41) is 3.18. The van der Waals surface area contributed by atoms with E-state index in [4.69, 9.17) is 0 Å². The summed E-state index contributed by atoms with van der Waals surface area (Å²) in [5.41, 5.74) is 2.54. The Hall–Kier alpha value is -0.980. The number of hydrogen-bond donors (Lipinski definition) is 1. The van der Waals surface area contributed by atoms with Crippen molar-refractivity contribution >= 4 is 0 Å². The van der Waals surface area contributed by atoms with Gasteiger partial charge in [-0.15, -0.1) is 0 Å². The topological polar surface area (TPSA) is 12.0 Å². The van der Waals surface area contributed by atoms with Crippen molar-refractivity contribution in [3.63, 3.8) is 0 Å². The van der Waals surface area contributed by atoms with E-state index in [0.29, 0.717) is 0 Å². The normalized spacial score (nSPS) is 12.9. The highest BCUT2D eigenvalue weighted by atomic mass is 14.8. The molecule has 0 fully saturated rings. The lowest BCUT2D eigenvalue weighted by Gasteiger charge is -2.08. The van der Waals surface area contributed by atoms with Gasteiger partial charge in [0.05, 0.1) is 0 Å². The molecule has 0 aromatic carbocycles. The molecule has 0 atom stereocenters. The molecule has 0 bridgehead atoms. The van der Waals surface area contributed by atoms with Gasteiger partial charge < -0.3 is 5.32 Å². The van der Waals surface area contributed by atoms with Crippen LogP contribution in [-0.2, 0) is 0 Å². The largest absolute Gasteiger partial charge is 0.388 e. The Labute approximate surface area is 75.9 Å². The summed E-state index contributed by atoms with van der Waals surface area (Å²) < 4.78 is 0. The second-order valence-corrected chi connectivity index (χ2v) is 2.56. The summed E-state index contributed by atoms with van der Waals surface area (Å²) in [5.74, 6) is 0. The van der Waals surface area contributed by atoms with Crippen molar-refractivity contribution in [2.45, 2.75) is 26.7 Å².